The largest absolute Gasteiger partial charge is 0.465 e. The van der Waals surface area contributed by atoms with Crippen molar-refractivity contribution in [3.63, 3.8) is 0 Å². The zero-order valence-electron chi connectivity index (χ0n) is 18.7. The van der Waals surface area contributed by atoms with Gasteiger partial charge < -0.3 is 10.1 Å². The number of likely N-dealkylation sites (tertiary alicyclic amines) is 1. The van der Waals surface area contributed by atoms with Gasteiger partial charge in [0.15, 0.2) is 0 Å². The Morgan fingerprint density at radius 3 is 2.21 bits per heavy atom. The number of carbonyl (C=O) groups excluding carboxylic acids is 2. The number of nitrogens with one attached hydrogen (secondary N) is 1. The van der Waals surface area contributed by atoms with Gasteiger partial charge in [0.25, 0.3) is 0 Å². The topological polar surface area (TPSA) is 58.6 Å². The predicted octanol–water partition coefficient (Wildman–Crippen LogP) is 4.65. The molecule has 5 nitrogen and oxygen atoms in total. The zero-order chi connectivity index (χ0) is 23.9. The average Bonchev–Trinajstić information content (AvgIpc) is 3.48. The maximum atomic E-state index is 13.4. The first kappa shape index (κ1) is 23.3. The van der Waals surface area contributed by atoms with Gasteiger partial charge in [0.1, 0.15) is 0 Å². The molecule has 0 radical (unpaired) electrons. The fourth-order valence-electron chi connectivity index (χ4n) is 4.56. The maximum Gasteiger partial charge on any atom is 0.416 e. The van der Waals surface area contributed by atoms with Gasteiger partial charge in [-0.3, -0.25) is 9.69 Å². The molecule has 1 heterocycles. The molecule has 4 rings (SSSR count). The van der Waals surface area contributed by atoms with Crippen molar-refractivity contribution in [3.8, 4) is 0 Å². The lowest BCUT2D eigenvalue weighted by Gasteiger charge is -2.35. The van der Waals surface area contributed by atoms with Crippen molar-refractivity contribution >= 4 is 11.9 Å². The summed E-state index contributed by atoms with van der Waals surface area (Å²) in [7, 11) is 1.33. The Balaban J connectivity index is 1.46. The Bertz CT molecular complexity index is 1030. The quantitative estimate of drug-likeness (QED) is 0.638. The predicted molar refractivity (Wildman–Crippen MR) is 116 cm³/mol. The lowest BCUT2D eigenvalue weighted by Crippen LogP contribution is -2.55. The van der Waals surface area contributed by atoms with Crippen LogP contribution in [-0.4, -0.2) is 36.0 Å². The number of alkyl halides is 3. The van der Waals surface area contributed by atoms with E-state index in [1.165, 1.54) is 19.2 Å². The van der Waals surface area contributed by atoms with Crippen LogP contribution in [0.1, 0.15) is 59.7 Å². The highest BCUT2D eigenvalue weighted by Gasteiger charge is 2.51. The third-order valence-corrected chi connectivity index (χ3v) is 6.89. The van der Waals surface area contributed by atoms with E-state index in [1.54, 1.807) is 12.1 Å². The van der Waals surface area contributed by atoms with Crippen LogP contribution in [0.2, 0.25) is 0 Å². The van der Waals surface area contributed by atoms with E-state index < -0.39 is 28.8 Å². The molecule has 8 heteroatoms. The molecule has 0 unspecified atom stereocenters. The molecule has 1 aliphatic carbocycles. The second-order valence-electron chi connectivity index (χ2n) is 9.10. The summed E-state index contributed by atoms with van der Waals surface area (Å²) >= 11 is 0. The highest BCUT2D eigenvalue weighted by Crippen LogP contribution is 2.46. The second-order valence-corrected chi connectivity index (χ2v) is 9.10. The molecule has 1 N–H and O–H groups in total. The van der Waals surface area contributed by atoms with Crippen LogP contribution in [0.5, 0.6) is 0 Å². The van der Waals surface area contributed by atoms with Crippen molar-refractivity contribution in [3.05, 3.63) is 70.8 Å². The van der Waals surface area contributed by atoms with Crippen molar-refractivity contribution in [2.45, 2.75) is 56.4 Å². The Labute approximate surface area is 190 Å². The summed E-state index contributed by atoms with van der Waals surface area (Å²) in [4.78, 5) is 27.2. The number of hydrogen-bond acceptors (Lipinski definition) is 4. The summed E-state index contributed by atoms with van der Waals surface area (Å²) in [6, 6.07) is 12.2. The standard InChI is InChI=1S/C25H27F3N2O3/c1-23(12-3-15-30(23)16-17-4-8-20(9-5-17)25(26,27)28)22(32)29-24(13-14-24)19-10-6-18(7-11-19)21(31)33-2/h4-11H,3,12-16H2,1-2H3,(H,29,32)/t23-/m1/s1. The minimum absolute atomic E-state index is 0.0820. The van der Waals surface area contributed by atoms with E-state index in [9.17, 15) is 22.8 Å². The Morgan fingerprint density at radius 1 is 1.03 bits per heavy atom. The van der Waals surface area contributed by atoms with Gasteiger partial charge in [-0.1, -0.05) is 24.3 Å². The molecule has 2 aromatic rings. The number of nitrogens with zero attached hydrogens (tertiary/aromatic N) is 1. The van der Waals surface area contributed by atoms with Crippen molar-refractivity contribution < 1.29 is 27.5 Å². The van der Waals surface area contributed by atoms with Gasteiger partial charge in [0.2, 0.25) is 5.91 Å². The number of benzene rings is 2. The third kappa shape index (κ3) is 4.62. The van der Waals surface area contributed by atoms with Gasteiger partial charge in [-0.15, -0.1) is 0 Å². The minimum atomic E-state index is -4.37. The molecule has 1 saturated heterocycles. The van der Waals surface area contributed by atoms with Crippen LogP contribution >= 0.6 is 0 Å². The molecule has 2 aromatic carbocycles. The number of rotatable bonds is 6. The number of hydrogen-bond donors (Lipinski definition) is 1. The fraction of sp³-hybridized carbons (Fsp3) is 0.440. The Morgan fingerprint density at radius 2 is 1.67 bits per heavy atom. The van der Waals surface area contributed by atoms with Crippen molar-refractivity contribution in [2.24, 2.45) is 0 Å². The second kappa shape index (κ2) is 8.48. The first-order valence-electron chi connectivity index (χ1n) is 11.0. The SMILES string of the molecule is COC(=O)c1ccc(C2(NC(=O)[C@@]3(C)CCCN3Cc3ccc(C(F)(F)F)cc3)CC2)cc1. The van der Waals surface area contributed by atoms with Crippen LogP contribution in [0.15, 0.2) is 48.5 Å². The molecule has 0 aromatic heterocycles. The lowest BCUT2D eigenvalue weighted by molar-refractivity contribution is -0.137. The van der Waals surface area contributed by atoms with Crippen molar-refractivity contribution in [1.82, 2.24) is 10.2 Å². The van der Waals surface area contributed by atoms with Crippen LogP contribution in [0.3, 0.4) is 0 Å². The third-order valence-electron chi connectivity index (χ3n) is 6.89. The van der Waals surface area contributed by atoms with E-state index in [0.29, 0.717) is 25.1 Å². The number of halogens is 3. The normalized spacial score (nSPS) is 22.1. The summed E-state index contributed by atoms with van der Waals surface area (Å²) in [6.07, 6.45) is -1.23. The van der Waals surface area contributed by atoms with E-state index in [2.05, 4.69) is 5.32 Å². The van der Waals surface area contributed by atoms with Gasteiger partial charge >= 0.3 is 12.1 Å². The van der Waals surface area contributed by atoms with E-state index in [-0.39, 0.29) is 5.91 Å². The van der Waals surface area contributed by atoms with Gasteiger partial charge in [0, 0.05) is 6.54 Å². The van der Waals surface area contributed by atoms with Crippen LogP contribution in [0.25, 0.3) is 0 Å². The smallest absolute Gasteiger partial charge is 0.416 e. The van der Waals surface area contributed by atoms with Crippen LogP contribution in [-0.2, 0) is 27.8 Å². The monoisotopic (exact) mass is 460 g/mol. The lowest BCUT2D eigenvalue weighted by atomic mass is 9.94. The number of methoxy groups -OCH3 is 1. The molecule has 0 bridgehead atoms. The van der Waals surface area contributed by atoms with Crippen LogP contribution < -0.4 is 5.32 Å². The highest BCUT2D eigenvalue weighted by molar-refractivity contribution is 5.89. The molecule has 2 fully saturated rings. The molecule has 33 heavy (non-hydrogen) atoms. The van der Waals surface area contributed by atoms with Gasteiger partial charge in [-0.2, -0.15) is 13.2 Å². The fourth-order valence-corrected chi connectivity index (χ4v) is 4.56. The number of ether oxygens (including phenoxy) is 1. The Hall–Kier alpha value is -2.87. The molecule has 1 amide bonds. The van der Waals surface area contributed by atoms with E-state index in [0.717, 1.165) is 42.5 Å². The van der Waals surface area contributed by atoms with Crippen molar-refractivity contribution in [2.75, 3.05) is 13.7 Å². The first-order valence-corrected chi connectivity index (χ1v) is 11.0. The van der Waals surface area contributed by atoms with Crippen molar-refractivity contribution in [1.29, 1.82) is 0 Å². The molecular formula is C25H27F3N2O3. The summed E-state index contributed by atoms with van der Waals surface area (Å²) in [6.45, 7) is 3.00. The molecule has 176 valence electrons. The number of esters is 1. The molecule has 1 saturated carbocycles. The number of amides is 1. The van der Waals surface area contributed by atoms with Crippen LogP contribution in [0.4, 0.5) is 13.2 Å². The number of carbonyl (C=O) groups is 2. The molecular weight excluding hydrogens is 433 g/mol. The summed E-state index contributed by atoms with van der Waals surface area (Å²) in [5.41, 5.74) is 0.264. The molecule has 1 atom stereocenters. The van der Waals surface area contributed by atoms with Gasteiger partial charge in [-0.25, -0.2) is 4.79 Å². The van der Waals surface area contributed by atoms with E-state index in [1.807, 2.05) is 24.0 Å². The van der Waals surface area contributed by atoms with Crippen LogP contribution in [0, 0.1) is 0 Å². The van der Waals surface area contributed by atoms with Gasteiger partial charge in [0.05, 0.1) is 29.3 Å². The van der Waals surface area contributed by atoms with E-state index in [4.69, 9.17) is 4.74 Å². The summed E-state index contributed by atoms with van der Waals surface area (Å²) in [5, 5.41) is 3.23. The molecule has 0 spiro atoms. The summed E-state index contributed by atoms with van der Waals surface area (Å²) in [5.74, 6) is -0.491. The van der Waals surface area contributed by atoms with Gasteiger partial charge in [-0.05, 0) is 74.5 Å². The molecule has 2 aliphatic rings. The van der Waals surface area contributed by atoms with E-state index >= 15 is 0 Å². The summed E-state index contributed by atoms with van der Waals surface area (Å²) < 4.78 is 43.3. The highest BCUT2D eigenvalue weighted by atomic mass is 19.4. The zero-order valence-corrected chi connectivity index (χ0v) is 18.7. The Kier molecular flexibility index (Phi) is 5.99. The first-order chi connectivity index (χ1) is 15.6. The minimum Gasteiger partial charge on any atom is -0.465 e. The maximum absolute atomic E-state index is 13.4. The average molecular weight is 460 g/mol. The molecule has 1 aliphatic heterocycles.